The summed E-state index contributed by atoms with van der Waals surface area (Å²) in [6.07, 6.45) is -1.08. The average Bonchev–Trinajstić information content (AvgIpc) is 2.54. The van der Waals surface area contributed by atoms with E-state index in [2.05, 4.69) is 0 Å². The number of benzene rings is 2. The van der Waals surface area contributed by atoms with Gasteiger partial charge < -0.3 is 5.11 Å². The predicted octanol–water partition coefficient (Wildman–Crippen LogP) is 4.62. The van der Waals surface area contributed by atoms with Gasteiger partial charge in [-0.3, -0.25) is 4.79 Å². The zero-order valence-corrected chi connectivity index (χ0v) is 13.6. The molecule has 2 aromatic carbocycles. The van der Waals surface area contributed by atoms with Crippen molar-refractivity contribution in [3.05, 3.63) is 70.8 Å². The van der Waals surface area contributed by atoms with Crippen LogP contribution >= 0.6 is 23.2 Å². The Labute approximate surface area is 145 Å². The highest BCUT2D eigenvalue weighted by atomic mass is 35.5. The third kappa shape index (κ3) is 5.78. The summed E-state index contributed by atoms with van der Waals surface area (Å²) in [5, 5.41) is 9.11. The van der Waals surface area contributed by atoms with Gasteiger partial charge in [0.2, 0.25) is 0 Å². The number of alkyl halides is 2. The molecule has 0 saturated carbocycles. The summed E-state index contributed by atoms with van der Waals surface area (Å²) in [6.45, 7) is 0. The van der Waals surface area contributed by atoms with E-state index in [4.69, 9.17) is 28.3 Å². The molecule has 1 atom stereocenters. The number of halogens is 6. The largest absolute Gasteiger partial charge is 0.387 e. The first-order chi connectivity index (χ1) is 11.3. The van der Waals surface area contributed by atoms with Gasteiger partial charge in [-0.05, 0) is 18.2 Å². The van der Waals surface area contributed by atoms with Gasteiger partial charge in [0.05, 0.1) is 23.4 Å². The second kappa shape index (κ2) is 9.61. The van der Waals surface area contributed by atoms with E-state index in [1.54, 1.807) is 0 Å². The lowest BCUT2D eigenvalue weighted by atomic mass is 10.1. The standard InChI is InChI=1S/C8H7ClF2O.C8H5ClF2O/c2*9-4-8(12)6-2-1-5(10)3-7(6)11/h1-3,8,12H,4H2;1-3H,4H2/t8-;/m1./s1. The molecule has 0 aliphatic carbocycles. The maximum absolute atomic E-state index is 12.8. The predicted molar refractivity (Wildman–Crippen MR) is 83.4 cm³/mol. The number of ketones is 1. The highest BCUT2D eigenvalue weighted by Crippen LogP contribution is 2.18. The first-order valence-electron chi connectivity index (χ1n) is 6.53. The summed E-state index contributed by atoms with van der Waals surface area (Å²) in [5.41, 5.74) is -0.155. The molecule has 2 nitrogen and oxygen atoms in total. The van der Waals surface area contributed by atoms with Gasteiger partial charge in [-0.1, -0.05) is 6.07 Å². The van der Waals surface area contributed by atoms with Crippen molar-refractivity contribution in [2.24, 2.45) is 0 Å². The number of rotatable bonds is 4. The molecule has 0 aromatic heterocycles. The van der Waals surface area contributed by atoms with Gasteiger partial charge in [0.1, 0.15) is 23.3 Å². The van der Waals surface area contributed by atoms with Crippen LogP contribution in [0.5, 0.6) is 0 Å². The zero-order chi connectivity index (χ0) is 18.3. The van der Waals surface area contributed by atoms with Gasteiger partial charge >= 0.3 is 0 Å². The Morgan fingerprint density at radius 2 is 1.50 bits per heavy atom. The van der Waals surface area contributed by atoms with Crippen LogP contribution < -0.4 is 0 Å². The van der Waals surface area contributed by atoms with Crippen molar-refractivity contribution in [3.8, 4) is 0 Å². The monoisotopic (exact) mass is 382 g/mol. The molecule has 0 aliphatic heterocycles. The van der Waals surface area contributed by atoms with E-state index in [1.165, 1.54) is 6.07 Å². The summed E-state index contributed by atoms with van der Waals surface area (Å²) in [4.78, 5) is 10.9. The van der Waals surface area contributed by atoms with Crippen molar-refractivity contribution >= 4 is 29.0 Å². The summed E-state index contributed by atoms with van der Waals surface area (Å²) >= 11 is 10.5. The number of carbonyl (C=O) groups excluding carboxylic acids is 1. The molecule has 1 N–H and O–H groups in total. The van der Waals surface area contributed by atoms with Crippen LogP contribution in [0.25, 0.3) is 0 Å². The molecule has 0 fully saturated rings. The minimum absolute atomic E-state index is 0.0198. The molecule has 0 unspecified atom stereocenters. The smallest absolute Gasteiger partial charge is 0.180 e. The van der Waals surface area contributed by atoms with Crippen molar-refractivity contribution in [2.45, 2.75) is 6.10 Å². The Morgan fingerprint density at radius 3 is 1.96 bits per heavy atom. The second-order valence-corrected chi connectivity index (χ2v) is 5.09. The fourth-order valence-electron chi connectivity index (χ4n) is 1.64. The van der Waals surface area contributed by atoms with Crippen LogP contribution in [0.2, 0.25) is 0 Å². The molecule has 0 spiro atoms. The molecule has 8 heteroatoms. The van der Waals surface area contributed by atoms with Crippen molar-refractivity contribution in [3.63, 3.8) is 0 Å². The van der Waals surface area contributed by atoms with Crippen LogP contribution in [0.3, 0.4) is 0 Å². The molecular weight excluding hydrogens is 371 g/mol. The molecule has 130 valence electrons. The van der Waals surface area contributed by atoms with Crippen molar-refractivity contribution < 1.29 is 27.5 Å². The maximum Gasteiger partial charge on any atom is 0.180 e. The highest BCUT2D eigenvalue weighted by Gasteiger charge is 2.12. The van der Waals surface area contributed by atoms with Gasteiger partial charge in [0, 0.05) is 17.7 Å². The van der Waals surface area contributed by atoms with Gasteiger partial charge in [0.15, 0.2) is 5.78 Å². The van der Waals surface area contributed by atoms with E-state index in [9.17, 15) is 22.4 Å². The molecule has 0 bridgehead atoms. The minimum Gasteiger partial charge on any atom is -0.387 e. The normalized spacial score (nSPS) is 11.5. The van der Waals surface area contributed by atoms with E-state index in [0.29, 0.717) is 12.1 Å². The number of aliphatic hydroxyl groups excluding tert-OH is 1. The van der Waals surface area contributed by atoms with E-state index in [0.717, 1.165) is 18.2 Å². The first-order valence-corrected chi connectivity index (χ1v) is 7.60. The lowest BCUT2D eigenvalue weighted by Gasteiger charge is -2.07. The fraction of sp³-hybridized carbons (Fsp3) is 0.188. The molecule has 0 amide bonds. The van der Waals surface area contributed by atoms with Crippen LogP contribution in [0.15, 0.2) is 36.4 Å². The summed E-state index contributed by atoms with van der Waals surface area (Å²) in [7, 11) is 0. The van der Waals surface area contributed by atoms with Gasteiger partial charge in [-0.25, -0.2) is 17.6 Å². The van der Waals surface area contributed by atoms with Crippen LogP contribution in [0.4, 0.5) is 17.6 Å². The molecule has 0 heterocycles. The van der Waals surface area contributed by atoms with Gasteiger partial charge in [-0.2, -0.15) is 0 Å². The SMILES string of the molecule is O=C(CCl)c1ccc(F)cc1F.O[C@H](CCl)c1ccc(F)cc1F. The summed E-state index contributed by atoms with van der Waals surface area (Å²) in [6, 6.07) is 5.72. The van der Waals surface area contributed by atoms with E-state index >= 15 is 0 Å². The highest BCUT2D eigenvalue weighted by molar-refractivity contribution is 6.30. The Bertz CT molecular complexity index is 710. The molecule has 2 rings (SSSR count). The second-order valence-electron chi connectivity index (χ2n) is 4.52. The summed E-state index contributed by atoms with van der Waals surface area (Å²) < 4.78 is 50.3. The minimum atomic E-state index is -1.08. The van der Waals surface area contributed by atoms with Crippen LogP contribution in [-0.2, 0) is 0 Å². The Morgan fingerprint density at radius 1 is 0.958 bits per heavy atom. The van der Waals surface area contributed by atoms with Gasteiger partial charge in [0.25, 0.3) is 0 Å². The van der Waals surface area contributed by atoms with Crippen LogP contribution in [0, 0.1) is 23.3 Å². The number of Topliss-reactive ketones (excluding diaryl/α,β-unsaturated/α-hetero) is 1. The third-order valence-electron chi connectivity index (χ3n) is 2.82. The van der Waals surface area contributed by atoms with Crippen molar-refractivity contribution in [1.82, 2.24) is 0 Å². The number of hydrogen-bond acceptors (Lipinski definition) is 2. The molecule has 0 radical (unpaired) electrons. The number of carbonyl (C=O) groups is 1. The summed E-state index contributed by atoms with van der Waals surface area (Å²) in [5.74, 6) is -3.99. The Kier molecular flexibility index (Phi) is 8.18. The fourth-order valence-corrected chi connectivity index (χ4v) is 1.95. The lowest BCUT2D eigenvalue weighted by Crippen LogP contribution is -2.03. The molecule has 0 aliphatic rings. The number of aliphatic hydroxyl groups is 1. The first kappa shape index (κ1) is 20.4. The molecule has 24 heavy (non-hydrogen) atoms. The van der Waals surface area contributed by atoms with E-state index in [-0.39, 0.29) is 22.9 Å². The average molecular weight is 383 g/mol. The zero-order valence-electron chi connectivity index (χ0n) is 12.1. The van der Waals surface area contributed by atoms with Gasteiger partial charge in [-0.15, -0.1) is 23.2 Å². The van der Waals surface area contributed by atoms with Crippen molar-refractivity contribution in [1.29, 1.82) is 0 Å². The molecular formula is C16H12Cl2F4O2. The maximum atomic E-state index is 12.8. The quantitative estimate of drug-likeness (QED) is 0.475. The van der Waals surface area contributed by atoms with E-state index < -0.39 is 35.2 Å². The molecule has 2 aromatic rings. The lowest BCUT2D eigenvalue weighted by molar-refractivity contribution is 0.101. The van der Waals surface area contributed by atoms with E-state index in [1.807, 2.05) is 0 Å². The molecule has 0 saturated heterocycles. The Hall–Kier alpha value is -1.63. The topological polar surface area (TPSA) is 37.3 Å². The number of hydrogen-bond donors (Lipinski definition) is 1. The third-order valence-corrected chi connectivity index (χ3v) is 3.36. The van der Waals surface area contributed by atoms with Crippen LogP contribution in [-0.4, -0.2) is 22.6 Å². The Balaban J connectivity index is 0.000000240. The van der Waals surface area contributed by atoms with Crippen LogP contribution in [0.1, 0.15) is 22.0 Å². The van der Waals surface area contributed by atoms with Crippen molar-refractivity contribution in [2.75, 3.05) is 11.8 Å².